The van der Waals surface area contributed by atoms with E-state index in [9.17, 15) is 14.7 Å². The summed E-state index contributed by atoms with van der Waals surface area (Å²) in [4.78, 5) is 24.1. The normalized spacial score (nSPS) is 13.1. The highest BCUT2D eigenvalue weighted by Gasteiger charge is 2.15. The third-order valence-corrected chi connectivity index (χ3v) is 6.99. The number of carbonyl (C=O) groups excluding carboxylic acids is 2. The van der Waals surface area contributed by atoms with Crippen molar-refractivity contribution >= 4 is 11.9 Å². The number of ether oxygens (including phenoxy) is 2. The summed E-state index contributed by atoms with van der Waals surface area (Å²) in [7, 11) is 0. The molecule has 0 amide bonds. The van der Waals surface area contributed by atoms with Gasteiger partial charge < -0.3 is 14.6 Å². The number of unbranched alkanes of at least 4 members (excludes halogenated alkanes) is 10. The first-order valence-electron chi connectivity index (χ1n) is 17.5. The molecule has 0 radical (unpaired) electrons. The van der Waals surface area contributed by atoms with Crippen molar-refractivity contribution in [3.63, 3.8) is 0 Å². The van der Waals surface area contributed by atoms with E-state index in [1.807, 2.05) is 6.08 Å². The maximum absolute atomic E-state index is 12.1. The molecule has 5 nitrogen and oxygen atoms in total. The van der Waals surface area contributed by atoms with Gasteiger partial charge in [-0.25, -0.2) is 0 Å². The summed E-state index contributed by atoms with van der Waals surface area (Å²) in [5, 5.41) is 9.50. The Kier molecular flexibility index (Phi) is 32.7. The molecule has 0 rings (SSSR count). The number of aliphatic hydroxyl groups excluding tert-OH is 1. The Morgan fingerprint density at radius 2 is 0.955 bits per heavy atom. The Hall–Kier alpha value is -2.66. The fourth-order valence-corrected chi connectivity index (χ4v) is 4.30. The van der Waals surface area contributed by atoms with Crippen LogP contribution in [0.2, 0.25) is 0 Å². The van der Waals surface area contributed by atoms with E-state index in [4.69, 9.17) is 9.47 Å². The molecule has 0 spiro atoms. The minimum absolute atomic E-state index is 0.122. The SMILES string of the molecule is CCCCC/C=C/C/C=C/C/C=C/C/C=C/CCCC(=O)OC(CO)COC(=O)CC/C=C/C/C=C/CCCCCCCC. The van der Waals surface area contributed by atoms with Crippen LogP contribution in [-0.4, -0.2) is 36.4 Å². The largest absolute Gasteiger partial charge is 0.462 e. The van der Waals surface area contributed by atoms with Crippen LogP contribution < -0.4 is 0 Å². The molecule has 5 heteroatoms. The van der Waals surface area contributed by atoms with Gasteiger partial charge in [0, 0.05) is 12.8 Å². The number of aliphatic hydroxyl groups is 1. The number of carbonyl (C=O) groups is 2. The first-order valence-corrected chi connectivity index (χ1v) is 17.5. The van der Waals surface area contributed by atoms with Gasteiger partial charge in [-0.3, -0.25) is 9.59 Å². The Labute approximate surface area is 270 Å². The van der Waals surface area contributed by atoms with E-state index in [0.717, 1.165) is 38.5 Å². The summed E-state index contributed by atoms with van der Waals surface area (Å²) >= 11 is 0. The lowest BCUT2D eigenvalue weighted by Crippen LogP contribution is -2.28. The van der Waals surface area contributed by atoms with Crippen LogP contribution >= 0.6 is 0 Å². The monoisotopic (exact) mass is 612 g/mol. The van der Waals surface area contributed by atoms with E-state index in [1.54, 1.807) is 0 Å². The van der Waals surface area contributed by atoms with Gasteiger partial charge in [0.05, 0.1) is 6.61 Å². The molecule has 0 aliphatic carbocycles. The van der Waals surface area contributed by atoms with Gasteiger partial charge in [-0.15, -0.1) is 0 Å². The average molecular weight is 613 g/mol. The lowest BCUT2D eigenvalue weighted by atomic mass is 10.1. The molecule has 0 bridgehead atoms. The first-order chi connectivity index (χ1) is 21.6. The molecule has 1 atom stereocenters. The third-order valence-electron chi connectivity index (χ3n) is 6.99. The van der Waals surface area contributed by atoms with E-state index >= 15 is 0 Å². The van der Waals surface area contributed by atoms with Crippen LogP contribution in [0.4, 0.5) is 0 Å². The topological polar surface area (TPSA) is 72.8 Å². The molecule has 1 unspecified atom stereocenters. The maximum Gasteiger partial charge on any atom is 0.306 e. The Morgan fingerprint density at radius 1 is 0.523 bits per heavy atom. The quantitative estimate of drug-likeness (QED) is 0.0496. The molecule has 0 heterocycles. The lowest BCUT2D eigenvalue weighted by Gasteiger charge is -2.15. The van der Waals surface area contributed by atoms with Gasteiger partial charge in [0.2, 0.25) is 0 Å². The number of esters is 2. The average Bonchev–Trinajstić information content (AvgIpc) is 3.02. The minimum atomic E-state index is -0.824. The summed E-state index contributed by atoms with van der Waals surface area (Å²) in [5.41, 5.74) is 0. The minimum Gasteiger partial charge on any atom is -0.462 e. The molecule has 0 aromatic rings. The van der Waals surface area contributed by atoms with Gasteiger partial charge in [-0.05, 0) is 70.6 Å². The molecular weight excluding hydrogens is 548 g/mol. The van der Waals surface area contributed by atoms with Crippen molar-refractivity contribution in [1.29, 1.82) is 0 Å². The summed E-state index contributed by atoms with van der Waals surface area (Å²) in [6.45, 7) is 3.97. The standard InChI is InChI=1S/C39H64O5/c1-3-5-7-9-11-13-15-17-18-19-20-22-24-26-28-30-32-34-39(42)44-37(35-40)36-43-38(41)33-31-29-27-25-23-21-16-14-12-10-8-6-4-2/h11,13,17-18,20-23,26-29,37,40H,3-10,12,14-16,19,24-25,30-36H2,1-2H3/b13-11+,18-17+,22-20+,23-21+,28-26+,29-27+. The van der Waals surface area contributed by atoms with Crippen molar-refractivity contribution in [3.8, 4) is 0 Å². The second-order valence-corrected chi connectivity index (χ2v) is 11.2. The fourth-order valence-electron chi connectivity index (χ4n) is 4.30. The van der Waals surface area contributed by atoms with Gasteiger partial charge in [-0.2, -0.15) is 0 Å². The zero-order valence-corrected chi connectivity index (χ0v) is 28.1. The van der Waals surface area contributed by atoms with Crippen LogP contribution in [0.25, 0.3) is 0 Å². The molecule has 0 aromatic heterocycles. The third kappa shape index (κ3) is 32.3. The predicted octanol–water partition coefficient (Wildman–Crippen LogP) is 10.6. The fraction of sp³-hybridized carbons (Fsp3) is 0.641. The zero-order valence-electron chi connectivity index (χ0n) is 28.1. The number of hydrogen-bond donors (Lipinski definition) is 1. The van der Waals surface area contributed by atoms with Gasteiger partial charge in [0.25, 0.3) is 0 Å². The van der Waals surface area contributed by atoms with E-state index < -0.39 is 6.10 Å². The molecule has 44 heavy (non-hydrogen) atoms. The highest BCUT2D eigenvalue weighted by atomic mass is 16.6. The van der Waals surface area contributed by atoms with Gasteiger partial charge in [0.15, 0.2) is 6.10 Å². The molecule has 0 aliphatic rings. The van der Waals surface area contributed by atoms with Gasteiger partial charge in [-0.1, -0.05) is 132 Å². The van der Waals surface area contributed by atoms with Crippen molar-refractivity contribution in [1.82, 2.24) is 0 Å². The summed E-state index contributed by atoms with van der Waals surface area (Å²) in [6, 6.07) is 0. The van der Waals surface area contributed by atoms with Gasteiger partial charge >= 0.3 is 11.9 Å². The Bertz CT molecular complexity index is 833. The van der Waals surface area contributed by atoms with Crippen LogP contribution in [-0.2, 0) is 19.1 Å². The van der Waals surface area contributed by atoms with E-state index in [2.05, 4.69) is 80.7 Å². The van der Waals surface area contributed by atoms with Gasteiger partial charge in [0.1, 0.15) is 6.61 Å². The smallest absolute Gasteiger partial charge is 0.306 e. The highest BCUT2D eigenvalue weighted by molar-refractivity contribution is 5.70. The molecule has 0 aromatic carbocycles. The molecule has 0 saturated heterocycles. The van der Waals surface area contributed by atoms with E-state index in [-0.39, 0.29) is 38.0 Å². The van der Waals surface area contributed by atoms with Crippen molar-refractivity contribution in [2.75, 3.05) is 13.2 Å². The predicted molar refractivity (Wildman–Crippen MR) is 186 cm³/mol. The highest BCUT2D eigenvalue weighted by Crippen LogP contribution is 2.08. The van der Waals surface area contributed by atoms with Crippen molar-refractivity contribution in [2.45, 2.75) is 148 Å². The molecule has 0 saturated carbocycles. The van der Waals surface area contributed by atoms with E-state index in [1.165, 1.54) is 64.2 Å². The maximum atomic E-state index is 12.1. The van der Waals surface area contributed by atoms with Crippen LogP contribution in [0.15, 0.2) is 72.9 Å². The van der Waals surface area contributed by atoms with Crippen LogP contribution in [0, 0.1) is 0 Å². The first kappa shape index (κ1) is 41.3. The number of allylic oxidation sites excluding steroid dienone is 12. The molecule has 0 fully saturated rings. The number of hydrogen-bond acceptors (Lipinski definition) is 5. The zero-order chi connectivity index (χ0) is 32.2. The summed E-state index contributed by atoms with van der Waals surface area (Å²) in [6.07, 6.45) is 45.4. The van der Waals surface area contributed by atoms with Crippen molar-refractivity contribution in [2.24, 2.45) is 0 Å². The molecule has 250 valence electrons. The van der Waals surface area contributed by atoms with Crippen molar-refractivity contribution < 1.29 is 24.2 Å². The summed E-state index contributed by atoms with van der Waals surface area (Å²) in [5.74, 6) is -0.744. The van der Waals surface area contributed by atoms with E-state index in [0.29, 0.717) is 12.8 Å². The van der Waals surface area contributed by atoms with Crippen LogP contribution in [0.1, 0.15) is 142 Å². The van der Waals surface area contributed by atoms with Crippen LogP contribution in [0.3, 0.4) is 0 Å². The Balaban J connectivity index is 3.79. The lowest BCUT2D eigenvalue weighted by molar-refractivity contribution is -0.161. The summed E-state index contributed by atoms with van der Waals surface area (Å²) < 4.78 is 10.5. The number of rotatable bonds is 30. The second-order valence-electron chi connectivity index (χ2n) is 11.2. The molecule has 1 N–H and O–H groups in total. The molecule has 0 aliphatic heterocycles. The second kappa shape index (κ2) is 34.8. The van der Waals surface area contributed by atoms with Crippen LogP contribution in [0.5, 0.6) is 0 Å². The van der Waals surface area contributed by atoms with Crippen molar-refractivity contribution in [3.05, 3.63) is 72.9 Å². The Morgan fingerprint density at radius 3 is 1.50 bits per heavy atom. The molecular formula is C39H64O5.